The van der Waals surface area contributed by atoms with Crippen molar-refractivity contribution in [3.05, 3.63) is 59.7 Å². The monoisotopic (exact) mass is 300 g/mol. The molecule has 0 aliphatic heterocycles. The largest absolute Gasteiger partial charge is 0.491 e. The van der Waals surface area contributed by atoms with E-state index in [-0.39, 0.29) is 11.3 Å². The first-order chi connectivity index (χ1) is 10.7. The Morgan fingerprint density at radius 2 is 1.68 bits per heavy atom. The summed E-state index contributed by atoms with van der Waals surface area (Å²) < 4.78 is 33.2. The van der Waals surface area contributed by atoms with Crippen LogP contribution in [0.5, 0.6) is 5.75 Å². The van der Waals surface area contributed by atoms with E-state index < -0.39 is 11.6 Å². The summed E-state index contributed by atoms with van der Waals surface area (Å²) in [7, 11) is 0. The van der Waals surface area contributed by atoms with Crippen LogP contribution in [0.1, 0.15) is 31.7 Å². The molecule has 3 heteroatoms. The van der Waals surface area contributed by atoms with Gasteiger partial charge >= 0.3 is 0 Å². The fourth-order valence-corrected chi connectivity index (χ4v) is 2.82. The van der Waals surface area contributed by atoms with Gasteiger partial charge in [-0.05, 0) is 55.0 Å². The molecule has 0 fully saturated rings. The zero-order valence-corrected chi connectivity index (χ0v) is 12.5. The first-order valence-electron chi connectivity index (χ1n) is 7.61. The SMILES string of the molecule is CCOc1ccc(-c2ccc(C3=CCCC3)cc2)c(F)c1F. The van der Waals surface area contributed by atoms with Gasteiger partial charge < -0.3 is 4.74 Å². The van der Waals surface area contributed by atoms with E-state index in [4.69, 9.17) is 4.74 Å². The molecule has 1 aliphatic carbocycles. The lowest BCUT2D eigenvalue weighted by Gasteiger charge is -2.10. The Morgan fingerprint density at radius 3 is 2.32 bits per heavy atom. The summed E-state index contributed by atoms with van der Waals surface area (Å²) in [5.41, 5.74) is 3.42. The lowest BCUT2D eigenvalue weighted by atomic mass is 9.99. The number of halogens is 2. The van der Waals surface area contributed by atoms with Crippen LogP contribution in [0.4, 0.5) is 8.78 Å². The Bertz CT molecular complexity index is 702. The summed E-state index contributed by atoms with van der Waals surface area (Å²) >= 11 is 0. The normalized spacial score (nSPS) is 14.0. The molecule has 0 saturated carbocycles. The Hall–Kier alpha value is -2.16. The molecule has 1 nitrogen and oxygen atoms in total. The smallest absolute Gasteiger partial charge is 0.201 e. The number of allylic oxidation sites excluding steroid dienone is 2. The predicted molar refractivity (Wildman–Crippen MR) is 84.8 cm³/mol. The zero-order valence-electron chi connectivity index (χ0n) is 12.5. The van der Waals surface area contributed by atoms with Crippen molar-refractivity contribution in [3.8, 4) is 16.9 Å². The Balaban J connectivity index is 1.92. The lowest BCUT2D eigenvalue weighted by molar-refractivity contribution is 0.314. The highest BCUT2D eigenvalue weighted by molar-refractivity contribution is 5.72. The Labute approximate surface area is 129 Å². The van der Waals surface area contributed by atoms with E-state index in [1.165, 1.54) is 18.1 Å². The highest BCUT2D eigenvalue weighted by Gasteiger charge is 2.16. The molecule has 0 aromatic heterocycles. The van der Waals surface area contributed by atoms with Gasteiger partial charge in [0.2, 0.25) is 5.82 Å². The fraction of sp³-hybridized carbons (Fsp3) is 0.263. The Morgan fingerprint density at radius 1 is 0.955 bits per heavy atom. The molecule has 22 heavy (non-hydrogen) atoms. The zero-order chi connectivity index (χ0) is 15.5. The van der Waals surface area contributed by atoms with Crippen molar-refractivity contribution in [3.63, 3.8) is 0 Å². The van der Waals surface area contributed by atoms with Gasteiger partial charge in [-0.2, -0.15) is 4.39 Å². The van der Waals surface area contributed by atoms with Crippen LogP contribution >= 0.6 is 0 Å². The van der Waals surface area contributed by atoms with Crippen molar-refractivity contribution in [1.29, 1.82) is 0 Å². The Kier molecular flexibility index (Phi) is 4.23. The number of hydrogen-bond donors (Lipinski definition) is 0. The highest BCUT2D eigenvalue weighted by atomic mass is 19.2. The molecule has 0 heterocycles. The molecule has 2 aromatic rings. The van der Waals surface area contributed by atoms with Crippen molar-refractivity contribution in [2.24, 2.45) is 0 Å². The van der Waals surface area contributed by atoms with Crippen LogP contribution in [-0.2, 0) is 0 Å². The lowest BCUT2D eigenvalue weighted by Crippen LogP contribution is -1.98. The van der Waals surface area contributed by atoms with Gasteiger partial charge in [0.15, 0.2) is 11.6 Å². The van der Waals surface area contributed by atoms with Gasteiger partial charge in [0.05, 0.1) is 6.61 Å². The summed E-state index contributed by atoms with van der Waals surface area (Å²) in [5.74, 6) is -1.84. The molecule has 0 N–H and O–H groups in total. The van der Waals surface area contributed by atoms with Gasteiger partial charge in [-0.25, -0.2) is 4.39 Å². The molecular weight excluding hydrogens is 282 g/mol. The van der Waals surface area contributed by atoms with Gasteiger partial charge in [0.25, 0.3) is 0 Å². The van der Waals surface area contributed by atoms with E-state index in [1.807, 2.05) is 24.3 Å². The van der Waals surface area contributed by atoms with Crippen LogP contribution < -0.4 is 4.74 Å². The number of ether oxygens (including phenoxy) is 1. The number of hydrogen-bond acceptors (Lipinski definition) is 1. The van der Waals surface area contributed by atoms with E-state index in [2.05, 4.69) is 6.08 Å². The third kappa shape index (κ3) is 2.76. The van der Waals surface area contributed by atoms with Crippen molar-refractivity contribution in [2.45, 2.75) is 26.2 Å². The molecule has 0 radical (unpaired) electrons. The molecule has 2 aromatic carbocycles. The van der Waals surface area contributed by atoms with E-state index >= 15 is 0 Å². The first kappa shape index (κ1) is 14.8. The third-order valence-electron chi connectivity index (χ3n) is 3.95. The van der Waals surface area contributed by atoms with Crippen LogP contribution in [0, 0.1) is 11.6 Å². The second-order valence-corrected chi connectivity index (χ2v) is 5.37. The van der Waals surface area contributed by atoms with Crippen molar-refractivity contribution in [1.82, 2.24) is 0 Å². The van der Waals surface area contributed by atoms with Crippen LogP contribution in [0.3, 0.4) is 0 Å². The van der Waals surface area contributed by atoms with Gasteiger partial charge in [-0.3, -0.25) is 0 Å². The van der Waals surface area contributed by atoms with E-state index in [0.717, 1.165) is 18.4 Å². The molecule has 0 amide bonds. The van der Waals surface area contributed by atoms with Crippen LogP contribution in [0.25, 0.3) is 16.7 Å². The fourth-order valence-electron chi connectivity index (χ4n) is 2.82. The van der Waals surface area contributed by atoms with Crippen molar-refractivity contribution >= 4 is 5.57 Å². The summed E-state index contributed by atoms with van der Waals surface area (Å²) in [6.07, 6.45) is 5.64. The maximum Gasteiger partial charge on any atom is 0.201 e. The molecule has 0 atom stereocenters. The number of benzene rings is 2. The van der Waals surface area contributed by atoms with Gasteiger partial charge in [-0.15, -0.1) is 0 Å². The molecule has 1 aliphatic rings. The van der Waals surface area contributed by atoms with Crippen LogP contribution in [0.15, 0.2) is 42.5 Å². The average Bonchev–Trinajstić information content (AvgIpc) is 3.07. The second-order valence-electron chi connectivity index (χ2n) is 5.37. The van der Waals surface area contributed by atoms with Crippen molar-refractivity contribution < 1.29 is 13.5 Å². The standard InChI is InChI=1S/C19H18F2O/c1-2-22-17-12-11-16(18(20)19(17)21)15-9-7-14(8-10-15)13-5-3-4-6-13/h5,7-12H,2-4,6H2,1H3. The molecule has 0 bridgehead atoms. The average molecular weight is 300 g/mol. The van der Waals surface area contributed by atoms with Crippen LogP contribution in [-0.4, -0.2) is 6.61 Å². The molecule has 3 rings (SSSR count). The predicted octanol–water partition coefficient (Wildman–Crippen LogP) is 5.60. The van der Waals surface area contributed by atoms with Crippen molar-refractivity contribution in [2.75, 3.05) is 6.61 Å². The minimum Gasteiger partial charge on any atom is -0.491 e. The maximum atomic E-state index is 14.2. The van der Waals surface area contributed by atoms with E-state index in [0.29, 0.717) is 12.2 Å². The minimum absolute atomic E-state index is 0.0449. The summed E-state index contributed by atoms with van der Waals surface area (Å²) in [6, 6.07) is 10.7. The second kappa shape index (κ2) is 6.30. The highest BCUT2D eigenvalue weighted by Crippen LogP contribution is 2.32. The molecule has 0 unspecified atom stereocenters. The quantitative estimate of drug-likeness (QED) is 0.714. The molecule has 0 spiro atoms. The molecule has 0 saturated heterocycles. The van der Waals surface area contributed by atoms with Gasteiger partial charge in [0, 0.05) is 5.56 Å². The molecule has 114 valence electrons. The van der Waals surface area contributed by atoms with Crippen LogP contribution in [0.2, 0.25) is 0 Å². The minimum atomic E-state index is -0.929. The third-order valence-corrected chi connectivity index (χ3v) is 3.95. The van der Waals surface area contributed by atoms with Gasteiger partial charge in [0.1, 0.15) is 0 Å². The summed E-state index contributed by atoms with van der Waals surface area (Å²) in [6.45, 7) is 2.04. The van der Waals surface area contributed by atoms with E-state index in [1.54, 1.807) is 13.0 Å². The summed E-state index contributed by atoms with van der Waals surface area (Å²) in [4.78, 5) is 0. The van der Waals surface area contributed by atoms with E-state index in [9.17, 15) is 8.78 Å². The number of rotatable bonds is 4. The summed E-state index contributed by atoms with van der Waals surface area (Å²) in [5, 5.41) is 0. The topological polar surface area (TPSA) is 9.23 Å². The molecular formula is C19H18F2O. The first-order valence-corrected chi connectivity index (χ1v) is 7.61. The maximum absolute atomic E-state index is 14.2. The van der Waals surface area contributed by atoms with Gasteiger partial charge in [-0.1, -0.05) is 30.3 Å².